The molecule has 0 saturated heterocycles. The maximum Gasteiger partial charge on any atom is 0.164 e. The molecule has 0 unspecified atom stereocenters. The Kier molecular flexibility index (Phi) is 1.85. The van der Waals surface area contributed by atoms with Gasteiger partial charge in [-0.25, -0.2) is 4.39 Å². The van der Waals surface area contributed by atoms with E-state index >= 15 is 0 Å². The summed E-state index contributed by atoms with van der Waals surface area (Å²) in [4.78, 5) is 0. The first-order chi connectivity index (χ1) is 5.15. The van der Waals surface area contributed by atoms with Gasteiger partial charge in [-0.3, -0.25) is 0 Å². The second kappa shape index (κ2) is 2.65. The van der Waals surface area contributed by atoms with Gasteiger partial charge in [-0.1, -0.05) is 0 Å². The van der Waals surface area contributed by atoms with Gasteiger partial charge in [0.1, 0.15) is 5.82 Å². The van der Waals surface area contributed by atoms with Crippen LogP contribution < -0.4 is 16.2 Å². The minimum Gasteiger partial charge on any atom is -0.492 e. The van der Waals surface area contributed by atoms with E-state index in [9.17, 15) is 4.39 Å². The second-order valence-electron chi connectivity index (χ2n) is 2.12. The largest absolute Gasteiger partial charge is 0.492 e. The highest BCUT2D eigenvalue weighted by molar-refractivity contribution is 5.67. The number of ether oxygens (including phenoxy) is 1. The zero-order valence-corrected chi connectivity index (χ0v) is 6.10. The summed E-state index contributed by atoms with van der Waals surface area (Å²) in [6.45, 7) is 0. The van der Waals surface area contributed by atoms with E-state index in [0.717, 1.165) is 12.1 Å². The lowest BCUT2D eigenvalue weighted by molar-refractivity contribution is 0.418. The van der Waals surface area contributed by atoms with Gasteiger partial charge >= 0.3 is 0 Å². The molecule has 0 heterocycles. The van der Waals surface area contributed by atoms with Crippen molar-refractivity contribution in [3.8, 4) is 5.75 Å². The molecule has 0 amide bonds. The number of nitrogen functional groups attached to an aromatic ring is 2. The molecular weight excluding hydrogens is 147 g/mol. The molecule has 0 radical (unpaired) electrons. The first kappa shape index (κ1) is 7.65. The Hall–Kier alpha value is -1.45. The standard InChI is InChI=1S/C7H9FN2O/c1-11-7-5(9)2-4(8)3-6(7)10/h2-3H,9-10H2,1H3. The number of halogens is 1. The normalized spacial score (nSPS) is 9.64. The van der Waals surface area contributed by atoms with Crippen LogP contribution >= 0.6 is 0 Å². The van der Waals surface area contributed by atoms with E-state index in [2.05, 4.69) is 0 Å². The number of anilines is 2. The summed E-state index contributed by atoms with van der Waals surface area (Å²) < 4.78 is 17.3. The van der Waals surface area contributed by atoms with Gasteiger partial charge in [0, 0.05) is 12.1 Å². The Morgan fingerprint density at radius 1 is 1.27 bits per heavy atom. The fraction of sp³-hybridized carbons (Fsp3) is 0.143. The van der Waals surface area contributed by atoms with Crippen LogP contribution in [0.1, 0.15) is 0 Å². The number of rotatable bonds is 1. The fourth-order valence-electron chi connectivity index (χ4n) is 0.872. The first-order valence-electron chi connectivity index (χ1n) is 3.03. The van der Waals surface area contributed by atoms with Crippen molar-refractivity contribution in [1.29, 1.82) is 0 Å². The molecule has 4 heteroatoms. The molecule has 0 aliphatic rings. The third-order valence-corrected chi connectivity index (χ3v) is 1.32. The number of benzene rings is 1. The van der Waals surface area contributed by atoms with Gasteiger partial charge in [0.25, 0.3) is 0 Å². The van der Waals surface area contributed by atoms with Crippen LogP contribution in [0.25, 0.3) is 0 Å². The molecule has 1 aromatic carbocycles. The molecule has 11 heavy (non-hydrogen) atoms. The van der Waals surface area contributed by atoms with Crippen LogP contribution in [0.4, 0.5) is 15.8 Å². The molecule has 3 nitrogen and oxygen atoms in total. The summed E-state index contributed by atoms with van der Waals surface area (Å²) in [6, 6.07) is 2.32. The zero-order valence-electron chi connectivity index (χ0n) is 6.10. The molecular formula is C7H9FN2O. The summed E-state index contributed by atoms with van der Waals surface area (Å²) in [5, 5.41) is 0. The van der Waals surface area contributed by atoms with Crippen molar-refractivity contribution in [2.24, 2.45) is 0 Å². The predicted molar refractivity (Wildman–Crippen MR) is 41.8 cm³/mol. The van der Waals surface area contributed by atoms with Crippen LogP contribution in [-0.2, 0) is 0 Å². The molecule has 0 fully saturated rings. The Labute approximate surface area is 63.8 Å². The zero-order chi connectivity index (χ0) is 8.43. The minimum absolute atomic E-state index is 0.213. The van der Waals surface area contributed by atoms with E-state index in [1.54, 1.807) is 0 Å². The average molecular weight is 156 g/mol. The Balaban J connectivity index is 3.25. The monoisotopic (exact) mass is 156 g/mol. The maximum absolute atomic E-state index is 12.5. The van der Waals surface area contributed by atoms with E-state index in [1.165, 1.54) is 7.11 Å². The molecule has 0 aliphatic heterocycles. The van der Waals surface area contributed by atoms with E-state index in [0.29, 0.717) is 5.75 Å². The van der Waals surface area contributed by atoms with Gasteiger partial charge in [-0.2, -0.15) is 0 Å². The second-order valence-corrected chi connectivity index (χ2v) is 2.12. The van der Waals surface area contributed by atoms with Crippen molar-refractivity contribution in [2.75, 3.05) is 18.6 Å². The highest BCUT2D eigenvalue weighted by Crippen LogP contribution is 2.29. The summed E-state index contributed by atoms with van der Waals surface area (Å²) >= 11 is 0. The molecule has 60 valence electrons. The lowest BCUT2D eigenvalue weighted by atomic mass is 10.2. The molecule has 0 aromatic heterocycles. The van der Waals surface area contributed by atoms with E-state index in [1.807, 2.05) is 0 Å². The number of hydrogen-bond acceptors (Lipinski definition) is 3. The molecule has 0 saturated carbocycles. The summed E-state index contributed by atoms with van der Waals surface area (Å²) in [6.07, 6.45) is 0. The van der Waals surface area contributed by atoms with Crippen LogP contribution in [0.15, 0.2) is 12.1 Å². The van der Waals surface area contributed by atoms with Crippen molar-refractivity contribution >= 4 is 11.4 Å². The van der Waals surface area contributed by atoms with E-state index < -0.39 is 5.82 Å². The first-order valence-corrected chi connectivity index (χ1v) is 3.03. The van der Waals surface area contributed by atoms with Gasteiger partial charge in [-0.15, -0.1) is 0 Å². The van der Waals surface area contributed by atoms with Gasteiger partial charge < -0.3 is 16.2 Å². The Morgan fingerprint density at radius 3 is 2.09 bits per heavy atom. The van der Waals surface area contributed by atoms with Crippen LogP contribution in [0.3, 0.4) is 0 Å². The van der Waals surface area contributed by atoms with Crippen molar-refractivity contribution in [1.82, 2.24) is 0 Å². The van der Waals surface area contributed by atoms with Gasteiger partial charge in [0.05, 0.1) is 18.5 Å². The highest BCUT2D eigenvalue weighted by Gasteiger charge is 2.05. The maximum atomic E-state index is 12.5. The van der Waals surface area contributed by atoms with Crippen LogP contribution in [0.2, 0.25) is 0 Å². The predicted octanol–water partition coefficient (Wildman–Crippen LogP) is 0.999. The molecule has 0 aliphatic carbocycles. The number of nitrogens with two attached hydrogens (primary N) is 2. The highest BCUT2D eigenvalue weighted by atomic mass is 19.1. The Morgan fingerprint density at radius 2 is 1.73 bits per heavy atom. The topological polar surface area (TPSA) is 61.3 Å². The van der Waals surface area contributed by atoms with Crippen molar-refractivity contribution < 1.29 is 9.13 Å². The summed E-state index contributed by atoms with van der Waals surface area (Å²) in [5.74, 6) is -0.132. The third-order valence-electron chi connectivity index (χ3n) is 1.32. The van der Waals surface area contributed by atoms with Crippen molar-refractivity contribution in [3.63, 3.8) is 0 Å². The van der Waals surface area contributed by atoms with Gasteiger partial charge in [0.15, 0.2) is 5.75 Å². The fourth-order valence-corrected chi connectivity index (χ4v) is 0.872. The third kappa shape index (κ3) is 1.34. The average Bonchev–Trinajstić information content (AvgIpc) is 1.85. The quantitative estimate of drug-likeness (QED) is 0.596. The molecule has 1 rings (SSSR count). The molecule has 0 spiro atoms. The van der Waals surface area contributed by atoms with E-state index in [4.69, 9.17) is 16.2 Å². The van der Waals surface area contributed by atoms with Gasteiger partial charge in [0.2, 0.25) is 0 Å². The lowest BCUT2D eigenvalue weighted by Crippen LogP contribution is -1.98. The van der Waals surface area contributed by atoms with Crippen LogP contribution in [0.5, 0.6) is 5.75 Å². The SMILES string of the molecule is COc1c(N)cc(F)cc1N. The van der Waals surface area contributed by atoms with Crippen molar-refractivity contribution in [3.05, 3.63) is 17.9 Å². The summed E-state index contributed by atoms with van der Waals surface area (Å²) in [7, 11) is 1.43. The van der Waals surface area contributed by atoms with Crippen LogP contribution in [-0.4, -0.2) is 7.11 Å². The smallest absolute Gasteiger partial charge is 0.164 e. The van der Waals surface area contributed by atoms with Crippen LogP contribution in [0, 0.1) is 5.82 Å². The Bertz CT molecular complexity index is 252. The summed E-state index contributed by atoms with van der Waals surface area (Å²) in [5.41, 5.74) is 11.2. The lowest BCUT2D eigenvalue weighted by Gasteiger charge is -2.06. The molecule has 0 bridgehead atoms. The van der Waals surface area contributed by atoms with Gasteiger partial charge in [-0.05, 0) is 0 Å². The molecule has 0 atom stereocenters. The molecule has 1 aromatic rings. The minimum atomic E-state index is -0.458. The van der Waals surface area contributed by atoms with E-state index in [-0.39, 0.29) is 11.4 Å². The van der Waals surface area contributed by atoms with Crippen molar-refractivity contribution in [2.45, 2.75) is 0 Å². The molecule has 4 N–H and O–H groups in total. The number of hydrogen-bond donors (Lipinski definition) is 2. The number of methoxy groups -OCH3 is 1.